The van der Waals surface area contributed by atoms with Gasteiger partial charge in [0.25, 0.3) is 0 Å². The Morgan fingerprint density at radius 3 is 2.33 bits per heavy atom. The van der Waals surface area contributed by atoms with Crippen LogP contribution in [0.3, 0.4) is 0 Å². The van der Waals surface area contributed by atoms with E-state index in [2.05, 4.69) is 6.58 Å². The van der Waals surface area contributed by atoms with Crippen molar-refractivity contribution in [2.75, 3.05) is 6.61 Å². The van der Waals surface area contributed by atoms with Crippen LogP contribution >= 0.6 is 11.8 Å². The van der Waals surface area contributed by atoms with Gasteiger partial charge in [-0.3, -0.25) is 0 Å². The van der Waals surface area contributed by atoms with Gasteiger partial charge in [-0.1, -0.05) is 27.4 Å². The first-order valence-corrected chi connectivity index (χ1v) is 4.73. The molecule has 0 aliphatic rings. The van der Waals surface area contributed by atoms with E-state index in [4.69, 9.17) is 4.74 Å². The van der Waals surface area contributed by atoms with Crippen LogP contribution in [0.25, 0.3) is 0 Å². The Bertz CT molecular complexity index is 179. The molecule has 0 aromatic heterocycles. The predicted molar refractivity (Wildman–Crippen MR) is 53.1 cm³/mol. The lowest BCUT2D eigenvalue weighted by Crippen LogP contribution is -2.12. The number of hydrogen-bond donors (Lipinski definition) is 0. The van der Waals surface area contributed by atoms with Crippen LogP contribution in [0.15, 0.2) is 11.5 Å². The van der Waals surface area contributed by atoms with Crippen molar-refractivity contribution in [3.8, 4) is 0 Å². The van der Waals surface area contributed by atoms with Crippen molar-refractivity contribution < 1.29 is 9.53 Å². The molecule has 0 unspecified atom stereocenters. The summed E-state index contributed by atoms with van der Waals surface area (Å²) in [7, 11) is 0. The summed E-state index contributed by atoms with van der Waals surface area (Å²) in [5.74, 6) is -0.308. The van der Waals surface area contributed by atoms with E-state index in [0.29, 0.717) is 11.5 Å². The van der Waals surface area contributed by atoms with E-state index in [1.165, 1.54) is 11.8 Å². The van der Waals surface area contributed by atoms with E-state index in [1.54, 1.807) is 6.92 Å². The van der Waals surface area contributed by atoms with Crippen molar-refractivity contribution in [1.82, 2.24) is 0 Å². The monoisotopic (exact) mass is 188 g/mol. The summed E-state index contributed by atoms with van der Waals surface area (Å²) in [5, 5.41) is 0. The molecule has 12 heavy (non-hydrogen) atoms. The Balaban J connectivity index is 3.97. The predicted octanol–water partition coefficient (Wildman–Crippen LogP) is 2.59. The van der Waals surface area contributed by atoms with Crippen LogP contribution in [0.4, 0.5) is 0 Å². The lowest BCUT2D eigenvalue weighted by atomic mass is 10.3. The molecule has 0 atom stereocenters. The molecule has 0 aliphatic carbocycles. The van der Waals surface area contributed by atoms with Crippen molar-refractivity contribution >= 4 is 17.7 Å². The number of ether oxygens (including phenoxy) is 1. The Morgan fingerprint density at radius 1 is 1.50 bits per heavy atom. The van der Waals surface area contributed by atoms with Crippen LogP contribution < -0.4 is 0 Å². The average molecular weight is 188 g/mol. The highest BCUT2D eigenvalue weighted by Crippen LogP contribution is 2.30. The fourth-order valence-corrected chi connectivity index (χ4v) is 1.50. The van der Waals surface area contributed by atoms with Gasteiger partial charge < -0.3 is 4.74 Å². The first-order chi connectivity index (χ1) is 5.37. The molecule has 0 radical (unpaired) electrons. The van der Waals surface area contributed by atoms with Crippen molar-refractivity contribution in [3.63, 3.8) is 0 Å². The summed E-state index contributed by atoms with van der Waals surface area (Å²) >= 11 is 1.44. The van der Waals surface area contributed by atoms with Gasteiger partial charge in [-0.25, -0.2) is 4.79 Å². The largest absolute Gasteiger partial charge is 0.462 e. The molecule has 0 saturated carbocycles. The fourth-order valence-electron chi connectivity index (χ4n) is 0.623. The van der Waals surface area contributed by atoms with Crippen LogP contribution in [0, 0.1) is 0 Å². The Hall–Kier alpha value is -0.440. The number of rotatable bonds is 3. The van der Waals surface area contributed by atoms with Crippen molar-refractivity contribution in [2.45, 2.75) is 32.4 Å². The highest BCUT2D eigenvalue weighted by atomic mass is 32.2. The minimum atomic E-state index is -0.308. The SMILES string of the molecule is C=C(SC(C)(C)C)C(=O)OCC. The minimum Gasteiger partial charge on any atom is -0.462 e. The molecule has 0 amide bonds. The zero-order valence-corrected chi connectivity index (χ0v) is 8.96. The van der Waals surface area contributed by atoms with E-state index in [0.717, 1.165) is 0 Å². The summed E-state index contributed by atoms with van der Waals surface area (Å²) in [5.41, 5.74) is 0. The van der Waals surface area contributed by atoms with Gasteiger partial charge in [0, 0.05) is 4.75 Å². The summed E-state index contributed by atoms with van der Waals surface area (Å²) in [6.45, 7) is 11.9. The lowest BCUT2D eigenvalue weighted by Gasteiger charge is -2.17. The highest BCUT2D eigenvalue weighted by molar-refractivity contribution is 8.05. The maximum Gasteiger partial charge on any atom is 0.343 e. The third-order valence-electron chi connectivity index (χ3n) is 0.932. The molecule has 0 spiro atoms. The second kappa shape index (κ2) is 4.55. The normalized spacial score (nSPS) is 11.0. The van der Waals surface area contributed by atoms with Gasteiger partial charge in [-0.05, 0) is 6.92 Å². The van der Waals surface area contributed by atoms with E-state index >= 15 is 0 Å². The van der Waals surface area contributed by atoms with Gasteiger partial charge in [0.1, 0.15) is 0 Å². The molecule has 0 aromatic rings. The van der Waals surface area contributed by atoms with Gasteiger partial charge in [-0.15, -0.1) is 11.8 Å². The molecule has 2 nitrogen and oxygen atoms in total. The maximum absolute atomic E-state index is 11.1. The standard InChI is InChI=1S/C9H16O2S/c1-6-11-8(10)7(2)12-9(3,4)5/h2,6H2,1,3-5H3. The molecule has 0 saturated heterocycles. The third kappa shape index (κ3) is 5.24. The zero-order chi connectivity index (χ0) is 9.78. The molecule has 0 aromatic carbocycles. The smallest absolute Gasteiger partial charge is 0.343 e. The molecule has 0 fully saturated rings. The molecule has 0 aliphatic heterocycles. The van der Waals surface area contributed by atoms with Crippen molar-refractivity contribution in [1.29, 1.82) is 0 Å². The number of hydrogen-bond acceptors (Lipinski definition) is 3. The van der Waals surface area contributed by atoms with Crippen LogP contribution in [0.2, 0.25) is 0 Å². The van der Waals surface area contributed by atoms with Crippen LogP contribution in [0.5, 0.6) is 0 Å². The van der Waals surface area contributed by atoms with E-state index in [1.807, 2.05) is 20.8 Å². The Labute approximate surface area is 78.4 Å². The second-order valence-electron chi connectivity index (χ2n) is 3.36. The topological polar surface area (TPSA) is 26.3 Å². The number of carbonyl (C=O) groups excluding carboxylic acids is 1. The van der Waals surface area contributed by atoms with E-state index < -0.39 is 0 Å². The van der Waals surface area contributed by atoms with Gasteiger partial charge in [-0.2, -0.15) is 0 Å². The molecule has 70 valence electrons. The van der Waals surface area contributed by atoms with Crippen molar-refractivity contribution in [2.24, 2.45) is 0 Å². The second-order valence-corrected chi connectivity index (χ2v) is 5.28. The number of thioether (sulfide) groups is 1. The van der Waals surface area contributed by atoms with Crippen LogP contribution in [-0.2, 0) is 9.53 Å². The van der Waals surface area contributed by atoms with Gasteiger partial charge >= 0.3 is 5.97 Å². The molecule has 0 N–H and O–H groups in total. The minimum absolute atomic E-state index is 0.0177. The average Bonchev–Trinajstić information content (AvgIpc) is 1.84. The number of esters is 1. The highest BCUT2D eigenvalue weighted by Gasteiger charge is 2.17. The van der Waals surface area contributed by atoms with E-state index in [-0.39, 0.29) is 10.7 Å². The molecule has 0 heterocycles. The van der Waals surface area contributed by atoms with E-state index in [9.17, 15) is 4.79 Å². The summed E-state index contributed by atoms with van der Waals surface area (Å²) in [4.78, 5) is 11.6. The quantitative estimate of drug-likeness (QED) is 0.503. The lowest BCUT2D eigenvalue weighted by molar-refractivity contribution is -0.137. The summed E-state index contributed by atoms with van der Waals surface area (Å²) < 4.78 is 4.81. The van der Waals surface area contributed by atoms with Gasteiger partial charge in [0.15, 0.2) is 0 Å². The fraction of sp³-hybridized carbons (Fsp3) is 0.667. The zero-order valence-electron chi connectivity index (χ0n) is 8.14. The molecular weight excluding hydrogens is 172 g/mol. The van der Waals surface area contributed by atoms with Crippen LogP contribution in [-0.4, -0.2) is 17.3 Å². The van der Waals surface area contributed by atoms with Crippen LogP contribution in [0.1, 0.15) is 27.7 Å². The van der Waals surface area contributed by atoms with Gasteiger partial charge in [0.2, 0.25) is 0 Å². The number of carbonyl (C=O) groups is 1. The first-order valence-electron chi connectivity index (χ1n) is 3.92. The molecule has 0 rings (SSSR count). The molecule has 0 bridgehead atoms. The third-order valence-corrected chi connectivity index (χ3v) is 1.96. The Morgan fingerprint density at radius 2 is 2.00 bits per heavy atom. The maximum atomic E-state index is 11.1. The Kier molecular flexibility index (Phi) is 4.39. The van der Waals surface area contributed by atoms with Gasteiger partial charge in [0.05, 0.1) is 11.5 Å². The summed E-state index contributed by atoms with van der Waals surface area (Å²) in [6.07, 6.45) is 0. The molecule has 3 heteroatoms. The van der Waals surface area contributed by atoms with Crippen molar-refractivity contribution in [3.05, 3.63) is 11.5 Å². The first kappa shape index (κ1) is 11.6. The summed E-state index contributed by atoms with van der Waals surface area (Å²) in [6, 6.07) is 0. The molecular formula is C9H16O2S.